The number of nitrogens with one attached hydrogen (secondary N) is 1. The molecule has 0 aromatic carbocycles. The molecule has 2 N–H and O–H groups in total. The standard InChI is InChI=1S/C9H14N2O2/c1-6(12)8(7(2)13)9-10-4-3-5-11-9/h12H,3-5H2,1-2H3,(H,10,11). The van der Waals surface area contributed by atoms with Crippen molar-refractivity contribution in [2.24, 2.45) is 4.99 Å². The van der Waals surface area contributed by atoms with E-state index < -0.39 is 0 Å². The van der Waals surface area contributed by atoms with Crippen LogP contribution >= 0.6 is 0 Å². The van der Waals surface area contributed by atoms with Crippen molar-refractivity contribution in [3.05, 3.63) is 11.3 Å². The van der Waals surface area contributed by atoms with Crippen molar-refractivity contribution in [2.45, 2.75) is 20.3 Å². The van der Waals surface area contributed by atoms with Gasteiger partial charge in [-0.05, 0) is 20.3 Å². The number of carbonyl (C=O) groups excluding carboxylic acids is 1. The third-order valence-corrected chi connectivity index (χ3v) is 1.85. The Morgan fingerprint density at radius 2 is 2.23 bits per heavy atom. The Hall–Kier alpha value is -1.32. The van der Waals surface area contributed by atoms with Gasteiger partial charge in [0.15, 0.2) is 5.78 Å². The van der Waals surface area contributed by atoms with Crippen LogP contribution in [0.15, 0.2) is 16.3 Å². The zero-order valence-electron chi connectivity index (χ0n) is 7.92. The fraction of sp³-hybridized carbons (Fsp3) is 0.556. The van der Waals surface area contributed by atoms with Crippen molar-refractivity contribution in [1.82, 2.24) is 5.32 Å². The first-order chi connectivity index (χ1) is 6.13. The first kappa shape index (κ1) is 9.77. The molecule has 0 saturated heterocycles. The predicted molar refractivity (Wildman–Crippen MR) is 50.9 cm³/mol. The van der Waals surface area contributed by atoms with Crippen LogP contribution in [-0.4, -0.2) is 29.8 Å². The van der Waals surface area contributed by atoms with Crippen molar-refractivity contribution >= 4 is 11.6 Å². The maximum absolute atomic E-state index is 11.1. The Bertz CT molecular complexity index is 275. The van der Waals surface area contributed by atoms with E-state index in [9.17, 15) is 9.90 Å². The lowest BCUT2D eigenvalue weighted by Crippen LogP contribution is -2.33. The van der Waals surface area contributed by atoms with Gasteiger partial charge in [-0.15, -0.1) is 0 Å². The van der Waals surface area contributed by atoms with Crippen LogP contribution in [-0.2, 0) is 4.79 Å². The number of aliphatic hydroxyl groups excluding tert-OH is 1. The minimum absolute atomic E-state index is 0.0284. The number of ketones is 1. The van der Waals surface area contributed by atoms with E-state index in [0.29, 0.717) is 18.0 Å². The summed E-state index contributed by atoms with van der Waals surface area (Å²) in [7, 11) is 0. The predicted octanol–water partition coefficient (Wildman–Crippen LogP) is 0.799. The molecule has 72 valence electrons. The van der Waals surface area contributed by atoms with Gasteiger partial charge in [-0.1, -0.05) is 0 Å². The minimum atomic E-state index is -0.159. The molecule has 0 bridgehead atoms. The van der Waals surface area contributed by atoms with Crippen molar-refractivity contribution in [1.29, 1.82) is 0 Å². The fourth-order valence-corrected chi connectivity index (χ4v) is 1.29. The highest BCUT2D eigenvalue weighted by molar-refractivity contribution is 6.21. The summed E-state index contributed by atoms with van der Waals surface area (Å²) in [4.78, 5) is 15.3. The van der Waals surface area contributed by atoms with Gasteiger partial charge >= 0.3 is 0 Å². The monoisotopic (exact) mass is 182 g/mol. The average molecular weight is 182 g/mol. The second kappa shape index (κ2) is 4.07. The molecule has 1 rings (SSSR count). The highest BCUT2D eigenvalue weighted by Crippen LogP contribution is 2.06. The molecule has 0 atom stereocenters. The number of Topliss-reactive ketones (excluding diaryl/α,β-unsaturated/α-hetero) is 1. The zero-order chi connectivity index (χ0) is 9.84. The number of amidine groups is 1. The van der Waals surface area contributed by atoms with E-state index in [1.807, 2.05) is 0 Å². The molecule has 1 heterocycles. The molecule has 1 aliphatic heterocycles. The number of aliphatic imine (C=N–C) groups is 1. The lowest BCUT2D eigenvalue weighted by Gasteiger charge is -2.15. The first-order valence-corrected chi connectivity index (χ1v) is 4.32. The maximum Gasteiger partial charge on any atom is 0.166 e. The van der Waals surface area contributed by atoms with Crippen LogP contribution in [0.5, 0.6) is 0 Å². The summed E-state index contributed by atoms with van der Waals surface area (Å²) in [6.45, 7) is 4.44. The molecule has 0 radical (unpaired) electrons. The minimum Gasteiger partial charge on any atom is -0.512 e. The molecule has 1 aliphatic rings. The molecular formula is C9H14N2O2. The lowest BCUT2D eigenvalue weighted by atomic mass is 10.1. The van der Waals surface area contributed by atoms with E-state index in [1.165, 1.54) is 13.8 Å². The number of carbonyl (C=O) groups is 1. The van der Waals surface area contributed by atoms with Gasteiger partial charge in [-0.2, -0.15) is 0 Å². The molecule has 0 aliphatic carbocycles. The summed E-state index contributed by atoms with van der Waals surface area (Å²) in [6.07, 6.45) is 0.971. The molecule has 0 aromatic rings. The molecule has 0 saturated carbocycles. The molecule has 4 heteroatoms. The van der Waals surface area contributed by atoms with E-state index in [4.69, 9.17) is 0 Å². The van der Waals surface area contributed by atoms with Crippen LogP contribution in [0, 0.1) is 0 Å². The van der Waals surface area contributed by atoms with Gasteiger partial charge < -0.3 is 10.4 Å². The molecule has 0 unspecified atom stereocenters. The second-order valence-electron chi connectivity index (χ2n) is 3.03. The number of rotatable bonds is 2. The highest BCUT2D eigenvalue weighted by Gasteiger charge is 2.16. The Morgan fingerprint density at radius 1 is 1.54 bits per heavy atom. The summed E-state index contributed by atoms with van der Waals surface area (Å²) in [5, 5.41) is 12.3. The number of aliphatic hydroxyl groups is 1. The third kappa shape index (κ3) is 2.31. The van der Waals surface area contributed by atoms with Gasteiger partial charge in [0, 0.05) is 13.1 Å². The van der Waals surface area contributed by atoms with Crippen LogP contribution in [0.3, 0.4) is 0 Å². The maximum atomic E-state index is 11.1. The molecule has 0 fully saturated rings. The van der Waals surface area contributed by atoms with Gasteiger partial charge in [-0.25, -0.2) is 0 Å². The largest absolute Gasteiger partial charge is 0.512 e. The third-order valence-electron chi connectivity index (χ3n) is 1.85. The highest BCUT2D eigenvalue weighted by atomic mass is 16.3. The van der Waals surface area contributed by atoms with Crippen molar-refractivity contribution in [3.8, 4) is 0 Å². The van der Waals surface area contributed by atoms with Gasteiger partial charge in [0.2, 0.25) is 0 Å². The Kier molecular flexibility index (Phi) is 3.06. The summed E-state index contributed by atoms with van der Waals surface area (Å²) < 4.78 is 0. The molecule has 0 aromatic heterocycles. The van der Waals surface area contributed by atoms with Crippen molar-refractivity contribution < 1.29 is 9.90 Å². The normalized spacial score (nSPS) is 18.5. The van der Waals surface area contributed by atoms with Crippen LogP contribution in [0.2, 0.25) is 0 Å². The summed E-state index contributed by atoms with van der Waals surface area (Å²) in [5.41, 5.74) is 0.305. The quantitative estimate of drug-likeness (QED) is 0.490. The number of nitrogens with zero attached hydrogens (tertiary/aromatic N) is 1. The Labute approximate surface area is 77.4 Å². The summed E-state index contributed by atoms with van der Waals surface area (Å²) >= 11 is 0. The Balaban J connectivity index is 2.95. The topological polar surface area (TPSA) is 61.7 Å². The molecule has 0 spiro atoms. The van der Waals surface area contributed by atoms with Gasteiger partial charge in [0.1, 0.15) is 11.6 Å². The van der Waals surface area contributed by atoms with E-state index in [0.717, 1.165) is 13.0 Å². The number of allylic oxidation sites excluding steroid dienone is 1. The molecule has 4 nitrogen and oxygen atoms in total. The Morgan fingerprint density at radius 3 is 2.62 bits per heavy atom. The van der Waals surface area contributed by atoms with Crippen LogP contribution in [0.4, 0.5) is 0 Å². The second-order valence-corrected chi connectivity index (χ2v) is 3.03. The van der Waals surface area contributed by atoms with Crippen LogP contribution in [0.1, 0.15) is 20.3 Å². The van der Waals surface area contributed by atoms with Crippen molar-refractivity contribution in [3.63, 3.8) is 0 Å². The van der Waals surface area contributed by atoms with Crippen LogP contribution in [0.25, 0.3) is 0 Å². The number of hydrogen-bond acceptors (Lipinski definition) is 4. The van der Waals surface area contributed by atoms with Gasteiger partial charge in [-0.3, -0.25) is 9.79 Å². The molecular weight excluding hydrogens is 168 g/mol. The van der Waals surface area contributed by atoms with E-state index in [-0.39, 0.29) is 11.5 Å². The van der Waals surface area contributed by atoms with E-state index in [2.05, 4.69) is 10.3 Å². The van der Waals surface area contributed by atoms with Crippen molar-refractivity contribution in [2.75, 3.05) is 13.1 Å². The number of hydrogen-bond donors (Lipinski definition) is 2. The first-order valence-electron chi connectivity index (χ1n) is 4.32. The van der Waals surface area contributed by atoms with Gasteiger partial charge in [0.25, 0.3) is 0 Å². The summed E-state index contributed by atoms with van der Waals surface area (Å²) in [5.74, 6) is 0.396. The zero-order valence-corrected chi connectivity index (χ0v) is 7.92. The van der Waals surface area contributed by atoms with Gasteiger partial charge in [0.05, 0.1) is 5.57 Å². The SMILES string of the molecule is CC(=O)C(C1=NCCCN1)=C(C)O. The molecule has 0 amide bonds. The lowest BCUT2D eigenvalue weighted by molar-refractivity contribution is -0.113. The molecule has 13 heavy (non-hydrogen) atoms. The average Bonchev–Trinajstić information content (AvgIpc) is 2.04. The summed E-state index contributed by atoms with van der Waals surface area (Å²) in [6, 6.07) is 0. The van der Waals surface area contributed by atoms with E-state index >= 15 is 0 Å². The van der Waals surface area contributed by atoms with E-state index in [1.54, 1.807) is 0 Å². The van der Waals surface area contributed by atoms with Crippen LogP contribution < -0.4 is 5.32 Å². The fourth-order valence-electron chi connectivity index (χ4n) is 1.29. The smallest absolute Gasteiger partial charge is 0.166 e.